The molecular weight excluding hydrogens is 284 g/mol. The Balaban J connectivity index is 2.20. The molecule has 0 bridgehead atoms. The Morgan fingerprint density at radius 1 is 1.14 bits per heavy atom. The van der Waals surface area contributed by atoms with Gasteiger partial charge in [0.15, 0.2) is 0 Å². The number of rotatable bonds is 7. The summed E-state index contributed by atoms with van der Waals surface area (Å²) in [5.41, 5.74) is 0.633. The van der Waals surface area contributed by atoms with E-state index < -0.39 is 11.7 Å². The number of carbonyl (C=O) groups excluding carboxylic acids is 2. The Kier molecular flexibility index (Phi) is 5.19. The van der Waals surface area contributed by atoms with Crippen molar-refractivity contribution in [1.82, 2.24) is 4.98 Å². The molecule has 0 unspecified atom stereocenters. The summed E-state index contributed by atoms with van der Waals surface area (Å²) in [6.07, 6.45) is 1.59. The van der Waals surface area contributed by atoms with Crippen molar-refractivity contribution in [1.29, 1.82) is 0 Å². The summed E-state index contributed by atoms with van der Waals surface area (Å²) in [5.74, 6) is -0.307. The first-order valence-corrected chi connectivity index (χ1v) is 7.04. The second-order valence-electron chi connectivity index (χ2n) is 4.39. The number of carbonyl (C=O) groups is 2. The van der Waals surface area contributed by atoms with E-state index in [2.05, 4.69) is 10.3 Å². The number of ether oxygens (including phenoxy) is 2. The fourth-order valence-corrected chi connectivity index (χ4v) is 1.92. The van der Waals surface area contributed by atoms with Gasteiger partial charge in [0.2, 0.25) is 0 Å². The van der Waals surface area contributed by atoms with Crippen LogP contribution in [-0.2, 0) is 4.79 Å². The van der Waals surface area contributed by atoms with Crippen molar-refractivity contribution in [2.45, 2.75) is 13.8 Å². The lowest BCUT2D eigenvalue weighted by Crippen LogP contribution is -2.23. The summed E-state index contributed by atoms with van der Waals surface area (Å²) in [7, 11) is 0. The van der Waals surface area contributed by atoms with Gasteiger partial charge in [-0.3, -0.25) is 9.59 Å². The van der Waals surface area contributed by atoms with E-state index in [0.29, 0.717) is 30.4 Å². The number of benzene rings is 1. The summed E-state index contributed by atoms with van der Waals surface area (Å²) in [5, 5.41) is 2.57. The molecule has 0 radical (unpaired) electrons. The minimum atomic E-state index is -0.739. The zero-order chi connectivity index (χ0) is 15.9. The molecule has 2 N–H and O–H groups in total. The number of H-pyrrole nitrogens is 1. The van der Waals surface area contributed by atoms with Crippen molar-refractivity contribution in [3.05, 3.63) is 42.2 Å². The SMILES string of the molecule is CCOc1ccc(OCC)c(NC(=O)C(=O)c2ccc[nH]2)c1. The van der Waals surface area contributed by atoms with Crippen molar-refractivity contribution in [2.24, 2.45) is 0 Å². The number of hydrogen-bond acceptors (Lipinski definition) is 4. The lowest BCUT2D eigenvalue weighted by molar-refractivity contribution is -0.112. The fraction of sp³-hybridized carbons (Fsp3) is 0.250. The molecule has 0 saturated heterocycles. The quantitative estimate of drug-likeness (QED) is 0.608. The molecule has 1 aromatic carbocycles. The van der Waals surface area contributed by atoms with E-state index in [9.17, 15) is 9.59 Å². The average Bonchev–Trinajstić information content (AvgIpc) is 3.03. The summed E-state index contributed by atoms with van der Waals surface area (Å²) in [6, 6.07) is 8.28. The number of ketones is 1. The van der Waals surface area contributed by atoms with Crippen molar-refractivity contribution in [2.75, 3.05) is 18.5 Å². The molecule has 2 rings (SSSR count). The van der Waals surface area contributed by atoms with Crippen LogP contribution in [-0.4, -0.2) is 29.9 Å². The van der Waals surface area contributed by atoms with Crippen LogP contribution in [0.15, 0.2) is 36.5 Å². The molecule has 6 nitrogen and oxygen atoms in total. The predicted octanol–water partition coefficient (Wildman–Crippen LogP) is 2.63. The van der Waals surface area contributed by atoms with Crippen LogP contribution < -0.4 is 14.8 Å². The molecular formula is C16H18N2O4. The van der Waals surface area contributed by atoms with Gasteiger partial charge < -0.3 is 19.8 Å². The third-order valence-electron chi connectivity index (χ3n) is 2.86. The summed E-state index contributed by atoms with van der Waals surface area (Å²) in [6.45, 7) is 4.65. The minimum absolute atomic E-state index is 0.233. The van der Waals surface area contributed by atoms with Gasteiger partial charge in [0, 0.05) is 12.3 Å². The average molecular weight is 302 g/mol. The van der Waals surface area contributed by atoms with E-state index in [4.69, 9.17) is 9.47 Å². The number of aromatic amines is 1. The molecule has 1 aromatic heterocycles. The molecule has 1 heterocycles. The highest BCUT2D eigenvalue weighted by atomic mass is 16.5. The molecule has 0 aliphatic carbocycles. The fourth-order valence-electron chi connectivity index (χ4n) is 1.92. The van der Waals surface area contributed by atoms with Gasteiger partial charge in [0.05, 0.1) is 24.6 Å². The van der Waals surface area contributed by atoms with Gasteiger partial charge in [-0.1, -0.05) is 0 Å². The van der Waals surface area contributed by atoms with E-state index in [-0.39, 0.29) is 5.69 Å². The number of amides is 1. The normalized spacial score (nSPS) is 10.1. The second kappa shape index (κ2) is 7.31. The highest BCUT2D eigenvalue weighted by Crippen LogP contribution is 2.29. The van der Waals surface area contributed by atoms with Gasteiger partial charge in [0.1, 0.15) is 11.5 Å². The Morgan fingerprint density at radius 2 is 1.91 bits per heavy atom. The highest BCUT2D eigenvalue weighted by molar-refractivity contribution is 6.46. The number of hydrogen-bond donors (Lipinski definition) is 2. The number of anilines is 1. The molecule has 2 aromatic rings. The molecule has 0 spiro atoms. The zero-order valence-corrected chi connectivity index (χ0v) is 12.5. The third-order valence-corrected chi connectivity index (χ3v) is 2.86. The monoisotopic (exact) mass is 302 g/mol. The van der Waals surface area contributed by atoms with Gasteiger partial charge in [-0.15, -0.1) is 0 Å². The summed E-state index contributed by atoms with van der Waals surface area (Å²) in [4.78, 5) is 26.7. The predicted molar refractivity (Wildman–Crippen MR) is 82.5 cm³/mol. The van der Waals surface area contributed by atoms with Gasteiger partial charge in [-0.05, 0) is 38.1 Å². The van der Waals surface area contributed by atoms with Crippen molar-refractivity contribution in [3.8, 4) is 11.5 Å². The first kappa shape index (κ1) is 15.6. The first-order valence-electron chi connectivity index (χ1n) is 7.04. The largest absolute Gasteiger partial charge is 0.494 e. The van der Waals surface area contributed by atoms with Crippen LogP contribution in [0.5, 0.6) is 11.5 Å². The van der Waals surface area contributed by atoms with Gasteiger partial charge in [-0.2, -0.15) is 0 Å². The van der Waals surface area contributed by atoms with Gasteiger partial charge in [0.25, 0.3) is 11.7 Å². The van der Waals surface area contributed by atoms with Gasteiger partial charge in [-0.25, -0.2) is 0 Å². The maximum absolute atomic E-state index is 12.1. The van der Waals surface area contributed by atoms with Crippen LogP contribution in [0.1, 0.15) is 24.3 Å². The lowest BCUT2D eigenvalue weighted by Gasteiger charge is -2.13. The van der Waals surface area contributed by atoms with Crippen LogP contribution >= 0.6 is 0 Å². The summed E-state index contributed by atoms with van der Waals surface area (Å²) < 4.78 is 10.8. The van der Waals surface area contributed by atoms with Gasteiger partial charge >= 0.3 is 0 Å². The maximum atomic E-state index is 12.1. The maximum Gasteiger partial charge on any atom is 0.298 e. The van der Waals surface area contributed by atoms with E-state index in [1.165, 1.54) is 0 Å². The molecule has 0 atom stereocenters. The molecule has 0 fully saturated rings. The van der Waals surface area contributed by atoms with E-state index in [1.54, 1.807) is 36.5 Å². The molecule has 0 saturated carbocycles. The number of aromatic nitrogens is 1. The Bertz CT molecular complexity index is 650. The van der Waals surface area contributed by atoms with E-state index in [1.807, 2.05) is 13.8 Å². The Labute approximate surface area is 128 Å². The Morgan fingerprint density at radius 3 is 2.55 bits per heavy atom. The second-order valence-corrected chi connectivity index (χ2v) is 4.39. The molecule has 22 heavy (non-hydrogen) atoms. The van der Waals surface area contributed by atoms with Crippen LogP contribution in [0.3, 0.4) is 0 Å². The molecule has 0 aliphatic heterocycles. The zero-order valence-electron chi connectivity index (χ0n) is 12.5. The molecule has 116 valence electrons. The van der Waals surface area contributed by atoms with Crippen molar-refractivity contribution in [3.63, 3.8) is 0 Å². The third kappa shape index (κ3) is 3.66. The van der Waals surface area contributed by atoms with Crippen molar-refractivity contribution >= 4 is 17.4 Å². The first-order chi connectivity index (χ1) is 10.7. The number of Topliss-reactive ketones (excluding diaryl/α,β-unsaturated/α-hetero) is 1. The molecule has 1 amide bonds. The number of nitrogens with one attached hydrogen (secondary N) is 2. The van der Waals surface area contributed by atoms with Crippen LogP contribution in [0, 0.1) is 0 Å². The molecule has 0 aliphatic rings. The van der Waals surface area contributed by atoms with Crippen molar-refractivity contribution < 1.29 is 19.1 Å². The highest BCUT2D eigenvalue weighted by Gasteiger charge is 2.19. The Hall–Kier alpha value is -2.76. The lowest BCUT2D eigenvalue weighted by atomic mass is 10.2. The smallest absolute Gasteiger partial charge is 0.298 e. The minimum Gasteiger partial charge on any atom is -0.494 e. The van der Waals surface area contributed by atoms with Crippen LogP contribution in [0.25, 0.3) is 0 Å². The topological polar surface area (TPSA) is 80.4 Å². The van der Waals surface area contributed by atoms with E-state index in [0.717, 1.165) is 0 Å². The molecule has 6 heteroatoms. The standard InChI is InChI=1S/C16H18N2O4/c1-3-21-11-7-8-14(22-4-2)13(10-11)18-16(20)15(19)12-6-5-9-17-12/h5-10,17H,3-4H2,1-2H3,(H,18,20). The summed E-state index contributed by atoms with van der Waals surface area (Å²) >= 11 is 0. The van der Waals surface area contributed by atoms with Crippen LogP contribution in [0.2, 0.25) is 0 Å². The van der Waals surface area contributed by atoms with Crippen LogP contribution in [0.4, 0.5) is 5.69 Å². The van der Waals surface area contributed by atoms with E-state index >= 15 is 0 Å².